The van der Waals surface area contributed by atoms with E-state index in [2.05, 4.69) is 5.32 Å². The lowest BCUT2D eigenvalue weighted by molar-refractivity contribution is 0.0218. The van der Waals surface area contributed by atoms with Gasteiger partial charge < -0.3 is 19.7 Å². The van der Waals surface area contributed by atoms with Gasteiger partial charge in [0, 0.05) is 25.6 Å². The zero-order valence-corrected chi connectivity index (χ0v) is 9.61. The summed E-state index contributed by atoms with van der Waals surface area (Å²) in [4.78, 5) is 13.4. The Labute approximate surface area is 96.1 Å². The standard InChI is InChI=1S/C11H20N2O3/c14-11(13-4-6-15-7-5-13)16-9-10-2-1-3-12-8-10/h10,12H,1-9H2. The first-order valence-electron chi connectivity index (χ1n) is 6.06. The molecule has 2 rings (SSSR count). The molecule has 0 radical (unpaired) electrons. The van der Waals surface area contributed by atoms with E-state index in [-0.39, 0.29) is 6.09 Å². The van der Waals surface area contributed by atoms with Crippen LogP contribution < -0.4 is 5.32 Å². The monoisotopic (exact) mass is 228 g/mol. The van der Waals surface area contributed by atoms with Crippen molar-refractivity contribution in [3.05, 3.63) is 0 Å². The highest BCUT2D eigenvalue weighted by atomic mass is 16.6. The van der Waals surface area contributed by atoms with Crippen LogP contribution in [0.15, 0.2) is 0 Å². The topological polar surface area (TPSA) is 50.8 Å². The van der Waals surface area contributed by atoms with Crippen LogP contribution in [-0.2, 0) is 9.47 Å². The third kappa shape index (κ3) is 3.35. The average molecular weight is 228 g/mol. The van der Waals surface area contributed by atoms with E-state index in [1.54, 1.807) is 4.90 Å². The molecule has 2 saturated heterocycles. The minimum atomic E-state index is -0.186. The lowest BCUT2D eigenvalue weighted by Crippen LogP contribution is -2.42. The number of morpholine rings is 1. The smallest absolute Gasteiger partial charge is 0.409 e. The number of hydrogen-bond donors (Lipinski definition) is 1. The normalized spacial score (nSPS) is 26.5. The molecule has 2 aliphatic rings. The van der Waals surface area contributed by atoms with E-state index in [0.29, 0.717) is 38.8 Å². The predicted octanol–water partition coefficient (Wildman–Crippen LogP) is 0.455. The molecule has 0 aliphatic carbocycles. The van der Waals surface area contributed by atoms with Gasteiger partial charge in [0.1, 0.15) is 0 Å². The summed E-state index contributed by atoms with van der Waals surface area (Å²) in [5.41, 5.74) is 0. The van der Waals surface area contributed by atoms with Crippen molar-refractivity contribution in [3.8, 4) is 0 Å². The van der Waals surface area contributed by atoms with Crippen LogP contribution in [0.2, 0.25) is 0 Å². The lowest BCUT2D eigenvalue weighted by Gasteiger charge is -2.28. The predicted molar refractivity (Wildman–Crippen MR) is 59.3 cm³/mol. The number of amides is 1. The van der Waals surface area contributed by atoms with Gasteiger partial charge in [0.15, 0.2) is 0 Å². The van der Waals surface area contributed by atoms with Gasteiger partial charge >= 0.3 is 6.09 Å². The largest absolute Gasteiger partial charge is 0.449 e. The summed E-state index contributed by atoms with van der Waals surface area (Å²) in [7, 11) is 0. The van der Waals surface area contributed by atoms with Crippen molar-refractivity contribution < 1.29 is 14.3 Å². The van der Waals surface area contributed by atoms with Crippen LogP contribution in [0, 0.1) is 5.92 Å². The second kappa shape index (κ2) is 6.06. The molecular weight excluding hydrogens is 208 g/mol. The maximum Gasteiger partial charge on any atom is 0.409 e. The van der Waals surface area contributed by atoms with Gasteiger partial charge in [0.2, 0.25) is 0 Å². The van der Waals surface area contributed by atoms with Crippen LogP contribution >= 0.6 is 0 Å². The fourth-order valence-corrected chi connectivity index (χ4v) is 2.09. The molecule has 0 aromatic carbocycles. The summed E-state index contributed by atoms with van der Waals surface area (Å²) >= 11 is 0. The Morgan fingerprint density at radius 3 is 2.94 bits per heavy atom. The minimum Gasteiger partial charge on any atom is -0.449 e. The fourth-order valence-electron chi connectivity index (χ4n) is 2.09. The maximum absolute atomic E-state index is 11.7. The van der Waals surface area contributed by atoms with Crippen LogP contribution in [-0.4, -0.2) is 57.0 Å². The summed E-state index contributed by atoms with van der Waals surface area (Å²) < 4.78 is 10.5. The Balaban J connectivity index is 1.65. The summed E-state index contributed by atoms with van der Waals surface area (Å²) in [6.45, 7) is 5.16. The number of hydrogen-bond acceptors (Lipinski definition) is 4. The Morgan fingerprint density at radius 1 is 1.44 bits per heavy atom. The third-order valence-corrected chi connectivity index (χ3v) is 3.11. The Hall–Kier alpha value is -0.810. The molecule has 2 fully saturated rings. The lowest BCUT2D eigenvalue weighted by atomic mass is 10.0. The van der Waals surface area contributed by atoms with E-state index >= 15 is 0 Å². The van der Waals surface area contributed by atoms with E-state index in [1.807, 2.05) is 0 Å². The molecule has 1 atom stereocenters. The maximum atomic E-state index is 11.7. The molecule has 1 N–H and O–H groups in total. The van der Waals surface area contributed by atoms with E-state index in [1.165, 1.54) is 6.42 Å². The number of piperidine rings is 1. The van der Waals surface area contributed by atoms with Gasteiger partial charge in [-0.1, -0.05) is 0 Å². The second-order valence-electron chi connectivity index (χ2n) is 4.39. The van der Waals surface area contributed by atoms with Crippen molar-refractivity contribution in [2.24, 2.45) is 5.92 Å². The number of nitrogens with one attached hydrogen (secondary N) is 1. The molecule has 2 heterocycles. The van der Waals surface area contributed by atoms with Gasteiger partial charge in [-0.05, 0) is 19.4 Å². The van der Waals surface area contributed by atoms with Gasteiger partial charge in [-0.15, -0.1) is 0 Å². The van der Waals surface area contributed by atoms with E-state index in [0.717, 1.165) is 19.5 Å². The molecule has 16 heavy (non-hydrogen) atoms. The highest BCUT2D eigenvalue weighted by Crippen LogP contribution is 2.11. The van der Waals surface area contributed by atoms with Crippen molar-refractivity contribution in [2.45, 2.75) is 12.8 Å². The summed E-state index contributed by atoms with van der Waals surface area (Å²) in [6.07, 6.45) is 2.15. The highest BCUT2D eigenvalue weighted by Gasteiger charge is 2.20. The van der Waals surface area contributed by atoms with E-state index < -0.39 is 0 Å². The number of nitrogens with zero attached hydrogens (tertiary/aromatic N) is 1. The van der Waals surface area contributed by atoms with Crippen molar-refractivity contribution in [1.82, 2.24) is 10.2 Å². The van der Waals surface area contributed by atoms with Crippen LogP contribution in [0.5, 0.6) is 0 Å². The number of rotatable bonds is 2. The van der Waals surface area contributed by atoms with Crippen molar-refractivity contribution in [1.29, 1.82) is 0 Å². The molecule has 5 heteroatoms. The van der Waals surface area contributed by atoms with Crippen LogP contribution in [0.1, 0.15) is 12.8 Å². The summed E-state index contributed by atoms with van der Waals surface area (Å²) in [6, 6.07) is 0. The van der Waals surface area contributed by atoms with Gasteiger partial charge in [-0.2, -0.15) is 0 Å². The number of carbonyl (C=O) groups is 1. The fraction of sp³-hybridized carbons (Fsp3) is 0.909. The van der Waals surface area contributed by atoms with E-state index in [9.17, 15) is 4.79 Å². The van der Waals surface area contributed by atoms with Gasteiger partial charge in [0.05, 0.1) is 19.8 Å². The SMILES string of the molecule is O=C(OCC1CCCNC1)N1CCOCC1. The van der Waals surface area contributed by atoms with Crippen molar-refractivity contribution in [3.63, 3.8) is 0 Å². The van der Waals surface area contributed by atoms with Crippen LogP contribution in [0.25, 0.3) is 0 Å². The molecule has 0 spiro atoms. The molecule has 0 saturated carbocycles. The molecule has 0 aromatic rings. The first-order valence-corrected chi connectivity index (χ1v) is 6.06. The van der Waals surface area contributed by atoms with Gasteiger partial charge in [0.25, 0.3) is 0 Å². The summed E-state index contributed by atoms with van der Waals surface area (Å²) in [5, 5.41) is 3.31. The molecule has 2 aliphatic heterocycles. The Kier molecular flexibility index (Phi) is 4.42. The molecule has 1 unspecified atom stereocenters. The average Bonchev–Trinajstić information content (AvgIpc) is 2.38. The first kappa shape index (κ1) is 11.7. The molecule has 1 amide bonds. The zero-order valence-electron chi connectivity index (χ0n) is 9.61. The molecule has 0 aromatic heterocycles. The van der Waals surface area contributed by atoms with Crippen molar-refractivity contribution in [2.75, 3.05) is 46.0 Å². The molecular formula is C11H20N2O3. The molecule has 92 valence electrons. The van der Waals surface area contributed by atoms with Crippen LogP contribution in [0.4, 0.5) is 4.79 Å². The first-order chi connectivity index (χ1) is 7.86. The van der Waals surface area contributed by atoms with Crippen molar-refractivity contribution >= 4 is 6.09 Å². The molecule has 5 nitrogen and oxygen atoms in total. The van der Waals surface area contributed by atoms with Gasteiger partial charge in [-0.3, -0.25) is 0 Å². The number of carbonyl (C=O) groups excluding carboxylic acids is 1. The van der Waals surface area contributed by atoms with E-state index in [4.69, 9.17) is 9.47 Å². The Morgan fingerprint density at radius 2 is 2.25 bits per heavy atom. The number of ether oxygens (including phenoxy) is 2. The van der Waals surface area contributed by atoms with Gasteiger partial charge in [-0.25, -0.2) is 4.79 Å². The Bertz CT molecular complexity index is 223. The summed E-state index contributed by atoms with van der Waals surface area (Å²) in [5.74, 6) is 0.485. The highest BCUT2D eigenvalue weighted by molar-refractivity contribution is 5.67. The quantitative estimate of drug-likeness (QED) is 0.746. The molecule has 0 bridgehead atoms. The second-order valence-corrected chi connectivity index (χ2v) is 4.39. The van der Waals surface area contributed by atoms with Crippen LogP contribution in [0.3, 0.4) is 0 Å². The minimum absolute atomic E-state index is 0.186. The third-order valence-electron chi connectivity index (χ3n) is 3.11. The zero-order chi connectivity index (χ0) is 11.2.